The molecule has 1 atom stereocenters. The molecule has 1 fully saturated rings. The van der Waals surface area contributed by atoms with Crippen LogP contribution in [-0.2, 0) is 6.42 Å². The summed E-state index contributed by atoms with van der Waals surface area (Å²) in [4.78, 5) is 10.9. The van der Waals surface area contributed by atoms with E-state index in [0.717, 1.165) is 38.3 Å². The van der Waals surface area contributed by atoms with Gasteiger partial charge in [0.25, 0.3) is 0 Å². The van der Waals surface area contributed by atoms with Crippen molar-refractivity contribution in [3.05, 3.63) is 11.7 Å². The van der Waals surface area contributed by atoms with E-state index in [-0.39, 0.29) is 6.10 Å². The van der Waals surface area contributed by atoms with Crippen LogP contribution in [0.5, 0.6) is 0 Å². The molecule has 1 aromatic heterocycles. The summed E-state index contributed by atoms with van der Waals surface area (Å²) in [5.74, 6) is 2.22. The zero-order valence-electron chi connectivity index (χ0n) is 12.2. The fourth-order valence-electron chi connectivity index (χ4n) is 2.22. The first-order valence-electron chi connectivity index (χ1n) is 7.19. The molecule has 1 aliphatic rings. The minimum atomic E-state index is -0.236. The smallest absolute Gasteiger partial charge is 0.226 e. The number of aliphatic hydroxyl groups is 1. The van der Waals surface area contributed by atoms with Crippen LogP contribution in [0.4, 0.5) is 0 Å². The molecule has 0 aromatic carbocycles. The van der Waals surface area contributed by atoms with Crippen LogP contribution in [0.2, 0.25) is 0 Å². The molecule has 0 unspecified atom stereocenters. The van der Waals surface area contributed by atoms with Crippen LogP contribution in [0.15, 0.2) is 9.52 Å². The zero-order chi connectivity index (χ0) is 14.4. The van der Waals surface area contributed by atoms with Gasteiger partial charge in [-0.25, -0.2) is 0 Å². The van der Waals surface area contributed by atoms with Crippen LogP contribution in [0, 0.1) is 6.92 Å². The van der Waals surface area contributed by atoms with E-state index in [0.29, 0.717) is 24.8 Å². The number of β-amino-alcohol motifs (C(OH)–C–C–N with tert-alkyl or cyclic N) is 1. The van der Waals surface area contributed by atoms with Crippen molar-refractivity contribution in [2.45, 2.75) is 39.2 Å². The van der Waals surface area contributed by atoms with Crippen molar-refractivity contribution in [1.82, 2.24) is 20.4 Å². The van der Waals surface area contributed by atoms with Gasteiger partial charge in [0, 0.05) is 32.6 Å². The average Bonchev–Trinajstić information content (AvgIpc) is 3.02. The molecular weight excluding hydrogens is 258 g/mol. The van der Waals surface area contributed by atoms with Crippen molar-refractivity contribution in [2.24, 2.45) is 4.99 Å². The van der Waals surface area contributed by atoms with Crippen molar-refractivity contribution in [3.8, 4) is 0 Å². The van der Waals surface area contributed by atoms with Gasteiger partial charge in [-0.05, 0) is 26.7 Å². The molecule has 112 valence electrons. The molecule has 2 N–H and O–H groups in total. The highest BCUT2D eigenvalue weighted by molar-refractivity contribution is 5.80. The van der Waals surface area contributed by atoms with Crippen molar-refractivity contribution in [1.29, 1.82) is 0 Å². The zero-order valence-corrected chi connectivity index (χ0v) is 12.2. The van der Waals surface area contributed by atoms with E-state index in [1.165, 1.54) is 0 Å². The van der Waals surface area contributed by atoms with Crippen LogP contribution >= 0.6 is 0 Å². The van der Waals surface area contributed by atoms with Crippen molar-refractivity contribution >= 4 is 5.96 Å². The Hall–Kier alpha value is -1.63. The van der Waals surface area contributed by atoms with Crippen LogP contribution in [-0.4, -0.2) is 58.4 Å². The molecule has 0 aliphatic carbocycles. The summed E-state index contributed by atoms with van der Waals surface area (Å²) in [7, 11) is 0. The molecule has 1 saturated heterocycles. The van der Waals surface area contributed by atoms with Gasteiger partial charge in [-0.2, -0.15) is 4.98 Å². The number of aliphatic imine (C=N–C) groups is 1. The number of hydrogen-bond acceptors (Lipinski definition) is 5. The first-order chi connectivity index (χ1) is 9.69. The Balaban J connectivity index is 1.80. The molecule has 7 nitrogen and oxygen atoms in total. The lowest BCUT2D eigenvalue weighted by molar-refractivity contribution is 0.188. The summed E-state index contributed by atoms with van der Waals surface area (Å²) in [5.41, 5.74) is 0. The van der Waals surface area contributed by atoms with E-state index >= 15 is 0 Å². The summed E-state index contributed by atoms with van der Waals surface area (Å²) in [6.45, 7) is 6.91. The second-order valence-electron chi connectivity index (χ2n) is 4.96. The minimum Gasteiger partial charge on any atom is -0.391 e. The first kappa shape index (κ1) is 14.8. The molecule has 1 aliphatic heterocycles. The van der Waals surface area contributed by atoms with Gasteiger partial charge in [0.2, 0.25) is 5.89 Å². The second-order valence-corrected chi connectivity index (χ2v) is 4.96. The highest BCUT2D eigenvalue weighted by atomic mass is 16.5. The largest absolute Gasteiger partial charge is 0.391 e. The van der Waals surface area contributed by atoms with Crippen LogP contribution in [0.3, 0.4) is 0 Å². The predicted molar refractivity (Wildman–Crippen MR) is 75.5 cm³/mol. The third kappa shape index (κ3) is 4.19. The number of rotatable bonds is 5. The van der Waals surface area contributed by atoms with Gasteiger partial charge < -0.3 is 19.8 Å². The number of nitrogens with zero attached hydrogens (tertiary/aromatic N) is 4. The normalized spacial score (nSPS) is 19.6. The van der Waals surface area contributed by atoms with Crippen molar-refractivity contribution in [2.75, 3.05) is 26.2 Å². The van der Waals surface area contributed by atoms with Crippen LogP contribution in [0.25, 0.3) is 0 Å². The number of likely N-dealkylation sites (tertiary alicyclic amines) is 1. The lowest BCUT2D eigenvalue weighted by Crippen LogP contribution is -2.40. The summed E-state index contributed by atoms with van der Waals surface area (Å²) in [6.07, 6.45) is 2.19. The topological polar surface area (TPSA) is 86.8 Å². The second kappa shape index (κ2) is 7.23. The standard InChI is InChI=1S/C13H23N5O2/c1-3-14-13(18-8-6-11(19)9-18)15-7-4-5-12-16-10(2)17-20-12/h11,19H,3-9H2,1-2H3,(H,14,15)/t11-/m1/s1. The van der Waals surface area contributed by atoms with E-state index in [9.17, 15) is 5.11 Å². The minimum absolute atomic E-state index is 0.236. The van der Waals surface area contributed by atoms with Gasteiger partial charge in [0.1, 0.15) is 0 Å². The summed E-state index contributed by atoms with van der Waals surface area (Å²) in [6, 6.07) is 0. The van der Waals surface area contributed by atoms with Gasteiger partial charge in [-0.1, -0.05) is 5.16 Å². The van der Waals surface area contributed by atoms with Crippen LogP contribution < -0.4 is 5.32 Å². The number of guanidine groups is 1. The summed E-state index contributed by atoms with van der Waals surface area (Å²) < 4.78 is 5.06. The number of aliphatic hydroxyl groups excluding tert-OH is 1. The number of nitrogens with one attached hydrogen (secondary N) is 1. The fourth-order valence-corrected chi connectivity index (χ4v) is 2.22. The van der Waals surface area contributed by atoms with Gasteiger partial charge in [0.05, 0.1) is 6.10 Å². The monoisotopic (exact) mass is 281 g/mol. The maximum absolute atomic E-state index is 9.59. The Morgan fingerprint density at radius 2 is 2.45 bits per heavy atom. The molecule has 0 saturated carbocycles. The molecule has 0 amide bonds. The quantitative estimate of drug-likeness (QED) is 0.460. The SMILES string of the molecule is CCNC(=NCCCc1nc(C)no1)N1CC[C@@H](O)C1. The van der Waals surface area contributed by atoms with Crippen molar-refractivity contribution < 1.29 is 9.63 Å². The average molecular weight is 281 g/mol. The summed E-state index contributed by atoms with van der Waals surface area (Å²) >= 11 is 0. The van der Waals surface area contributed by atoms with E-state index in [1.807, 2.05) is 13.8 Å². The maximum Gasteiger partial charge on any atom is 0.226 e. The Kier molecular flexibility index (Phi) is 5.34. The lowest BCUT2D eigenvalue weighted by Gasteiger charge is -2.20. The van der Waals surface area contributed by atoms with Gasteiger partial charge >= 0.3 is 0 Å². The third-order valence-corrected chi connectivity index (χ3v) is 3.18. The fraction of sp³-hybridized carbons (Fsp3) is 0.769. The Morgan fingerprint density at radius 1 is 1.60 bits per heavy atom. The Bertz CT molecular complexity index is 446. The Morgan fingerprint density at radius 3 is 3.05 bits per heavy atom. The number of aromatic nitrogens is 2. The molecule has 1 aromatic rings. The predicted octanol–water partition coefficient (Wildman–Crippen LogP) is 0.343. The van der Waals surface area contributed by atoms with Gasteiger partial charge in [0.15, 0.2) is 11.8 Å². The summed E-state index contributed by atoms with van der Waals surface area (Å²) in [5, 5.41) is 16.6. The van der Waals surface area contributed by atoms with Gasteiger partial charge in [-0.3, -0.25) is 4.99 Å². The molecule has 0 radical (unpaired) electrons. The number of aryl methyl sites for hydroxylation is 2. The van der Waals surface area contributed by atoms with Gasteiger partial charge in [-0.15, -0.1) is 0 Å². The molecule has 2 rings (SSSR count). The van der Waals surface area contributed by atoms with E-state index < -0.39 is 0 Å². The van der Waals surface area contributed by atoms with Crippen LogP contribution in [0.1, 0.15) is 31.5 Å². The molecular formula is C13H23N5O2. The Labute approximate surface area is 119 Å². The highest BCUT2D eigenvalue weighted by Crippen LogP contribution is 2.09. The van der Waals surface area contributed by atoms with Crippen molar-refractivity contribution in [3.63, 3.8) is 0 Å². The number of hydrogen-bond donors (Lipinski definition) is 2. The first-order valence-corrected chi connectivity index (χ1v) is 7.19. The highest BCUT2D eigenvalue weighted by Gasteiger charge is 2.22. The maximum atomic E-state index is 9.59. The van der Waals surface area contributed by atoms with E-state index in [4.69, 9.17) is 4.52 Å². The lowest BCUT2D eigenvalue weighted by atomic mass is 10.3. The van der Waals surface area contributed by atoms with E-state index in [1.54, 1.807) is 0 Å². The molecule has 7 heteroatoms. The molecule has 2 heterocycles. The van der Waals surface area contributed by atoms with E-state index in [2.05, 4.69) is 25.3 Å². The molecule has 0 bridgehead atoms. The molecule has 20 heavy (non-hydrogen) atoms. The molecule has 0 spiro atoms. The third-order valence-electron chi connectivity index (χ3n) is 3.18.